The van der Waals surface area contributed by atoms with E-state index in [2.05, 4.69) is 16.4 Å². The molecular formula is C20H16Cl2N4O3. The Morgan fingerprint density at radius 1 is 1.24 bits per heavy atom. The predicted octanol–water partition coefficient (Wildman–Crippen LogP) is 4.34. The number of ketones is 1. The van der Waals surface area contributed by atoms with Gasteiger partial charge in [-0.1, -0.05) is 35.3 Å². The van der Waals surface area contributed by atoms with Gasteiger partial charge in [-0.25, -0.2) is 4.98 Å². The number of ether oxygens (including phenoxy) is 1. The van der Waals surface area contributed by atoms with Crippen molar-refractivity contribution in [3.63, 3.8) is 0 Å². The summed E-state index contributed by atoms with van der Waals surface area (Å²) < 4.78 is 6.39. The monoisotopic (exact) mass is 430 g/mol. The average molecular weight is 431 g/mol. The largest absolute Gasteiger partial charge is 0.468 e. The maximum Gasteiger partial charge on any atom is 0.320 e. The third-order valence-corrected chi connectivity index (χ3v) is 5.16. The summed E-state index contributed by atoms with van der Waals surface area (Å²) in [7, 11) is 2.90. The third-order valence-electron chi connectivity index (χ3n) is 4.53. The van der Waals surface area contributed by atoms with Crippen molar-refractivity contribution in [1.82, 2.24) is 9.55 Å². The number of rotatable bonds is 5. The van der Waals surface area contributed by atoms with Crippen LogP contribution in [0.1, 0.15) is 24.0 Å². The lowest BCUT2D eigenvalue weighted by molar-refractivity contribution is -0.145. The minimum absolute atomic E-state index is 0.168. The Labute approximate surface area is 176 Å². The summed E-state index contributed by atoms with van der Waals surface area (Å²) in [5.41, 5.74) is 1.88. The number of imidazole rings is 1. The second kappa shape index (κ2) is 8.11. The maximum absolute atomic E-state index is 12.1. The lowest BCUT2D eigenvalue weighted by Crippen LogP contribution is -2.22. The van der Waals surface area contributed by atoms with Gasteiger partial charge in [0, 0.05) is 7.05 Å². The van der Waals surface area contributed by atoms with E-state index in [9.17, 15) is 14.9 Å². The summed E-state index contributed by atoms with van der Waals surface area (Å²) in [5, 5.41) is 13.7. The number of nitriles is 1. The van der Waals surface area contributed by atoms with E-state index in [1.807, 2.05) is 0 Å². The lowest BCUT2D eigenvalue weighted by Gasteiger charge is -2.14. The molecule has 3 aromatic rings. The van der Waals surface area contributed by atoms with Crippen LogP contribution in [-0.2, 0) is 21.4 Å². The summed E-state index contributed by atoms with van der Waals surface area (Å²) in [6.07, 6.45) is 0. The predicted molar refractivity (Wildman–Crippen MR) is 111 cm³/mol. The molecule has 2 aromatic carbocycles. The Morgan fingerprint density at radius 3 is 2.45 bits per heavy atom. The Bertz CT molecular complexity index is 1160. The van der Waals surface area contributed by atoms with Crippen LogP contribution in [0.3, 0.4) is 0 Å². The SMILES string of the molecule is COC(=O)C(C(C)=O)c1ccc2nc(Nc3c(Cl)cccc3Cl)n(C)c2c1C#N. The molecule has 1 heterocycles. The van der Waals surface area contributed by atoms with Crippen molar-refractivity contribution in [1.29, 1.82) is 5.26 Å². The molecule has 0 fully saturated rings. The number of esters is 1. The van der Waals surface area contributed by atoms with E-state index in [0.717, 1.165) is 0 Å². The fraction of sp³-hybridized carbons (Fsp3) is 0.200. The topological polar surface area (TPSA) is 97.0 Å². The highest BCUT2D eigenvalue weighted by Gasteiger charge is 2.30. The van der Waals surface area contributed by atoms with Crippen LogP contribution < -0.4 is 5.32 Å². The van der Waals surface area contributed by atoms with Gasteiger partial charge in [-0.3, -0.25) is 9.59 Å². The molecule has 9 heteroatoms. The Morgan fingerprint density at radius 2 is 1.90 bits per heavy atom. The molecule has 0 radical (unpaired) electrons. The number of Topliss-reactive ketones (excluding diaryl/α,β-unsaturated/α-hetero) is 1. The number of methoxy groups -OCH3 is 1. The highest BCUT2D eigenvalue weighted by molar-refractivity contribution is 6.39. The molecule has 0 amide bonds. The first kappa shape index (κ1) is 20.6. The molecule has 0 aliphatic rings. The van der Waals surface area contributed by atoms with Gasteiger partial charge >= 0.3 is 5.97 Å². The number of anilines is 2. The Hall–Kier alpha value is -3.08. The summed E-state index contributed by atoms with van der Waals surface area (Å²) in [5.74, 6) is -1.95. The van der Waals surface area contributed by atoms with Gasteiger partial charge in [0.15, 0.2) is 0 Å². The molecule has 148 valence electrons. The van der Waals surface area contributed by atoms with Crippen molar-refractivity contribution in [2.45, 2.75) is 12.8 Å². The zero-order valence-corrected chi connectivity index (χ0v) is 17.3. The van der Waals surface area contributed by atoms with Gasteiger partial charge < -0.3 is 14.6 Å². The van der Waals surface area contributed by atoms with Gasteiger partial charge in [-0.2, -0.15) is 5.26 Å². The minimum Gasteiger partial charge on any atom is -0.468 e. The van der Waals surface area contributed by atoms with Crippen molar-refractivity contribution in [3.05, 3.63) is 51.5 Å². The maximum atomic E-state index is 12.1. The molecule has 0 bridgehead atoms. The number of hydrogen-bond acceptors (Lipinski definition) is 6. The van der Waals surface area contributed by atoms with Crippen LogP contribution >= 0.6 is 23.2 Å². The standard InChI is InChI=1S/C20H16Cl2N4O3/c1-10(27)16(19(28)29-3)11-7-8-15-18(12(11)9-23)26(2)20(24-15)25-17-13(21)5-4-6-14(17)22/h4-8,16H,1-3H3,(H,24,25). The van der Waals surface area contributed by atoms with E-state index in [-0.39, 0.29) is 11.1 Å². The van der Waals surface area contributed by atoms with Gasteiger partial charge in [0.1, 0.15) is 17.8 Å². The Balaban J connectivity index is 2.20. The van der Waals surface area contributed by atoms with E-state index in [1.54, 1.807) is 41.9 Å². The third kappa shape index (κ3) is 3.65. The van der Waals surface area contributed by atoms with Crippen molar-refractivity contribution in [3.8, 4) is 6.07 Å². The molecule has 1 N–H and O–H groups in total. The average Bonchev–Trinajstić information content (AvgIpc) is 3.00. The molecule has 1 atom stereocenters. The number of para-hydroxylation sites is 1. The molecule has 0 saturated carbocycles. The van der Waals surface area contributed by atoms with Crippen LogP contribution in [0.2, 0.25) is 10.0 Å². The molecule has 1 unspecified atom stereocenters. The van der Waals surface area contributed by atoms with Crippen LogP contribution in [0.25, 0.3) is 11.0 Å². The molecule has 0 aliphatic heterocycles. The molecule has 7 nitrogen and oxygen atoms in total. The van der Waals surface area contributed by atoms with Crippen LogP contribution in [0, 0.1) is 11.3 Å². The summed E-state index contributed by atoms with van der Waals surface area (Å²) in [4.78, 5) is 28.7. The van der Waals surface area contributed by atoms with E-state index in [4.69, 9.17) is 27.9 Å². The fourth-order valence-corrected chi connectivity index (χ4v) is 3.64. The number of aryl methyl sites for hydroxylation is 1. The van der Waals surface area contributed by atoms with Gasteiger partial charge in [-0.05, 0) is 30.7 Å². The number of nitrogens with zero attached hydrogens (tertiary/aromatic N) is 3. The van der Waals surface area contributed by atoms with Gasteiger partial charge in [-0.15, -0.1) is 0 Å². The van der Waals surface area contributed by atoms with Gasteiger partial charge in [0.25, 0.3) is 0 Å². The second-order valence-corrected chi connectivity index (χ2v) is 7.11. The van der Waals surface area contributed by atoms with E-state index in [0.29, 0.717) is 32.7 Å². The molecule has 1 aromatic heterocycles. The number of benzene rings is 2. The fourth-order valence-electron chi connectivity index (χ4n) is 3.15. The number of hydrogen-bond donors (Lipinski definition) is 1. The number of nitrogens with one attached hydrogen (secondary N) is 1. The first-order chi connectivity index (χ1) is 13.8. The van der Waals surface area contributed by atoms with Crippen molar-refractivity contribution in [2.24, 2.45) is 7.05 Å². The summed E-state index contributed by atoms with van der Waals surface area (Å²) >= 11 is 12.4. The highest BCUT2D eigenvalue weighted by atomic mass is 35.5. The first-order valence-electron chi connectivity index (χ1n) is 8.48. The van der Waals surface area contributed by atoms with Crippen LogP contribution in [-0.4, -0.2) is 28.4 Å². The van der Waals surface area contributed by atoms with Gasteiger partial charge in [0.2, 0.25) is 5.95 Å². The normalized spacial score (nSPS) is 11.7. The number of halogens is 2. The zero-order valence-electron chi connectivity index (χ0n) is 15.8. The van der Waals surface area contributed by atoms with Crippen LogP contribution in [0.5, 0.6) is 0 Å². The van der Waals surface area contributed by atoms with E-state index < -0.39 is 17.7 Å². The lowest BCUT2D eigenvalue weighted by atomic mass is 9.91. The van der Waals surface area contributed by atoms with Crippen molar-refractivity contribution in [2.75, 3.05) is 12.4 Å². The quantitative estimate of drug-likeness (QED) is 0.477. The Kier molecular flexibility index (Phi) is 5.78. The molecule has 0 spiro atoms. The molecule has 3 rings (SSSR count). The summed E-state index contributed by atoms with van der Waals surface area (Å²) in [6.45, 7) is 1.28. The minimum atomic E-state index is -1.19. The van der Waals surface area contributed by atoms with E-state index in [1.165, 1.54) is 14.0 Å². The molecular weight excluding hydrogens is 415 g/mol. The number of aromatic nitrogens is 2. The smallest absolute Gasteiger partial charge is 0.320 e. The first-order valence-corrected chi connectivity index (χ1v) is 9.24. The van der Waals surface area contributed by atoms with Crippen molar-refractivity contribution >= 4 is 57.6 Å². The molecule has 29 heavy (non-hydrogen) atoms. The number of fused-ring (bicyclic) bond motifs is 1. The summed E-state index contributed by atoms with van der Waals surface area (Å²) in [6, 6.07) is 10.4. The zero-order chi connectivity index (χ0) is 21.3. The van der Waals surface area contributed by atoms with Crippen molar-refractivity contribution < 1.29 is 14.3 Å². The highest BCUT2D eigenvalue weighted by Crippen LogP contribution is 2.35. The number of carbonyl (C=O) groups is 2. The van der Waals surface area contributed by atoms with Gasteiger partial charge in [0.05, 0.1) is 39.4 Å². The van der Waals surface area contributed by atoms with E-state index >= 15 is 0 Å². The number of carbonyl (C=O) groups excluding carboxylic acids is 2. The second-order valence-electron chi connectivity index (χ2n) is 6.29. The molecule has 0 aliphatic carbocycles. The van der Waals surface area contributed by atoms with Crippen LogP contribution in [0.15, 0.2) is 30.3 Å². The molecule has 0 saturated heterocycles. The van der Waals surface area contributed by atoms with Crippen LogP contribution in [0.4, 0.5) is 11.6 Å².